The molecule has 0 aliphatic carbocycles. The van der Waals surface area contributed by atoms with Crippen molar-refractivity contribution < 1.29 is 4.79 Å². The van der Waals surface area contributed by atoms with E-state index in [9.17, 15) is 4.79 Å². The van der Waals surface area contributed by atoms with E-state index < -0.39 is 0 Å². The number of carbonyl (C=O) groups excluding carboxylic acids is 1. The van der Waals surface area contributed by atoms with Crippen LogP contribution in [0.25, 0.3) is 21.5 Å². The van der Waals surface area contributed by atoms with E-state index in [-0.39, 0.29) is 24.2 Å². The SMILES string of the molecule is Cc1nnc(-c2cnc3cnc(NC(=O)N4[C@@H]5CC[C@H]4C[C@H](N)C5)cc3c2)s1. The minimum atomic E-state index is -0.0879. The average Bonchev–Trinajstić information content (AvgIpc) is 3.22. The number of amides is 2. The van der Waals surface area contributed by atoms with Gasteiger partial charge >= 0.3 is 6.03 Å². The molecule has 5 heterocycles. The van der Waals surface area contributed by atoms with E-state index in [2.05, 4.69) is 25.5 Å². The van der Waals surface area contributed by atoms with E-state index in [4.69, 9.17) is 5.73 Å². The minimum Gasteiger partial charge on any atom is -0.328 e. The molecular weight excluding hydrogens is 374 g/mol. The van der Waals surface area contributed by atoms with Gasteiger partial charge in [0, 0.05) is 35.3 Å². The van der Waals surface area contributed by atoms with Crippen molar-refractivity contribution in [2.24, 2.45) is 5.73 Å². The van der Waals surface area contributed by atoms with Crippen molar-refractivity contribution in [1.29, 1.82) is 0 Å². The molecule has 3 aromatic rings. The van der Waals surface area contributed by atoms with Gasteiger partial charge in [-0.3, -0.25) is 10.3 Å². The van der Waals surface area contributed by atoms with Crippen molar-refractivity contribution in [1.82, 2.24) is 25.1 Å². The summed E-state index contributed by atoms with van der Waals surface area (Å²) in [7, 11) is 0. The molecule has 9 heteroatoms. The van der Waals surface area contributed by atoms with Crippen LogP contribution in [0.15, 0.2) is 24.5 Å². The van der Waals surface area contributed by atoms with Crippen LogP contribution in [-0.2, 0) is 0 Å². The van der Waals surface area contributed by atoms with Gasteiger partial charge in [0.15, 0.2) is 0 Å². The fourth-order valence-corrected chi connectivity index (χ4v) is 5.03. The van der Waals surface area contributed by atoms with Gasteiger partial charge in [-0.05, 0) is 44.7 Å². The number of piperidine rings is 1. The summed E-state index contributed by atoms with van der Waals surface area (Å²) in [4.78, 5) is 23.7. The van der Waals surface area contributed by atoms with Crippen molar-refractivity contribution in [3.8, 4) is 10.6 Å². The van der Waals surface area contributed by atoms with Crippen LogP contribution in [-0.4, -0.2) is 49.2 Å². The maximum absolute atomic E-state index is 12.9. The minimum absolute atomic E-state index is 0.0879. The molecule has 3 atom stereocenters. The van der Waals surface area contributed by atoms with E-state index in [1.807, 2.05) is 24.0 Å². The van der Waals surface area contributed by atoms with E-state index in [1.54, 1.807) is 12.4 Å². The second-order valence-corrected chi connectivity index (χ2v) is 8.75. The van der Waals surface area contributed by atoms with Crippen molar-refractivity contribution in [2.75, 3.05) is 5.32 Å². The Kier molecular flexibility index (Phi) is 4.21. The summed E-state index contributed by atoms with van der Waals surface area (Å²) >= 11 is 1.53. The van der Waals surface area contributed by atoms with Crippen LogP contribution in [0.1, 0.15) is 30.7 Å². The fraction of sp³-hybridized carbons (Fsp3) is 0.421. The normalized spacial score (nSPS) is 23.9. The summed E-state index contributed by atoms with van der Waals surface area (Å²) in [6.07, 6.45) is 7.28. The summed E-state index contributed by atoms with van der Waals surface area (Å²) in [5.74, 6) is 0.527. The quantitative estimate of drug-likeness (QED) is 0.690. The predicted molar refractivity (Wildman–Crippen MR) is 108 cm³/mol. The number of aromatic nitrogens is 4. The first-order valence-corrected chi connectivity index (χ1v) is 10.3. The molecule has 5 rings (SSSR count). The first-order valence-electron chi connectivity index (χ1n) is 9.48. The Morgan fingerprint density at radius 3 is 2.68 bits per heavy atom. The second-order valence-electron chi connectivity index (χ2n) is 7.57. The topological polar surface area (TPSA) is 110 Å². The maximum atomic E-state index is 12.9. The molecule has 144 valence electrons. The van der Waals surface area contributed by atoms with Gasteiger partial charge in [0.1, 0.15) is 15.8 Å². The molecule has 2 aliphatic rings. The number of nitrogens with two attached hydrogens (primary N) is 1. The zero-order valence-electron chi connectivity index (χ0n) is 15.5. The Hall–Kier alpha value is -2.65. The van der Waals surface area contributed by atoms with Crippen LogP contribution in [0.4, 0.5) is 10.6 Å². The molecule has 0 saturated carbocycles. The second kappa shape index (κ2) is 6.75. The Labute approximate surface area is 166 Å². The summed E-state index contributed by atoms with van der Waals surface area (Å²) in [5, 5.41) is 13.9. The zero-order chi connectivity index (χ0) is 19.3. The van der Waals surface area contributed by atoms with E-state index >= 15 is 0 Å². The average molecular weight is 395 g/mol. The van der Waals surface area contributed by atoms with Gasteiger partial charge in [0.2, 0.25) is 0 Å². The molecule has 0 aromatic carbocycles. The highest BCUT2D eigenvalue weighted by atomic mass is 32.1. The molecular formula is C19H21N7OS. The molecule has 2 fully saturated rings. The van der Waals surface area contributed by atoms with Gasteiger partial charge in [-0.1, -0.05) is 11.3 Å². The van der Waals surface area contributed by atoms with Gasteiger partial charge in [-0.15, -0.1) is 10.2 Å². The lowest BCUT2D eigenvalue weighted by molar-refractivity contribution is 0.150. The number of carbonyl (C=O) groups is 1. The number of aryl methyl sites for hydroxylation is 1. The number of pyridine rings is 2. The van der Waals surface area contributed by atoms with Crippen molar-refractivity contribution >= 4 is 34.1 Å². The van der Waals surface area contributed by atoms with E-state index in [0.29, 0.717) is 5.82 Å². The van der Waals surface area contributed by atoms with Crippen molar-refractivity contribution in [2.45, 2.75) is 50.7 Å². The van der Waals surface area contributed by atoms with Crippen LogP contribution in [0.5, 0.6) is 0 Å². The van der Waals surface area contributed by atoms with Gasteiger partial charge < -0.3 is 10.6 Å². The van der Waals surface area contributed by atoms with Crippen molar-refractivity contribution in [3.05, 3.63) is 29.5 Å². The lowest BCUT2D eigenvalue weighted by Crippen LogP contribution is -2.51. The highest BCUT2D eigenvalue weighted by Gasteiger charge is 2.42. The lowest BCUT2D eigenvalue weighted by Gasteiger charge is -2.37. The van der Waals surface area contributed by atoms with Gasteiger partial charge in [0.05, 0.1) is 11.7 Å². The number of fused-ring (bicyclic) bond motifs is 3. The molecule has 3 N–H and O–H groups in total. The molecule has 8 nitrogen and oxygen atoms in total. The molecule has 2 bridgehead atoms. The van der Waals surface area contributed by atoms with Crippen LogP contribution >= 0.6 is 11.3 Å². The number of hydrogen-bond acceptors (Lipinski definition) is 7. The summed E-state index contributed by atoms with van der Waals surface area (Å²) in [6.45, 7) is 1.92. The molecule has 0 radical (unpaired) electrons. The Bertz CT molecular complexity index is 1040. The number of anilines is 1. The highest BCUT2D eigenvalue weighted by molar-refractivity contribution is 7.14. The number of rotatable bonds is 2. The third-order valence-corrected chi connectivity index (χ3v) is 6.47. The van der Waals surface area contributed by atoms with E-state index in [0.717, 1.165) is 52.2 Å². The molecule has 0 unspecified atom stereocenters. The summed E-state index contributed by atoms with van der Waals surface area (Å²) in [5.41, 5.74) is 7.79. The van der Waals surface area contributed by atoms with Crippen LogP contribution in [0, 0.1) is 6.92 Å². The number of hydrogen-bond donors (Lipinski definition) is 2. The smallest absolute Gasteiger partial charge is 0.323 e. The highest BCUT2D eigenvalue weighted by Crippen LogP contribution is 2.35. The van der Waals surface area contributed by atoms with Crippen LogP contribution in [0.3, 0.4) is 0 Å². The fourth-order valence-electron chi connectivity index (χ4n) is 4.35. The zero-order valence-corrected chi connectivity index (χ0v) is 16.3. The lowest BCUT2D eigenvalue weighted by atomic mass is 9.99. The first-order chi connectivity index (χ1) is 13.6. The number of nitrogens with zero attached hydrogens (tertiary/aromatic N) is 5. The summed E-state index contributed by atoms with van der Waals surface area (Å²) in [6, 6.07) is 4.45. The predicted octanol–water partition coefficient (Wildman–Crippen LogP) is 2.94. The maximum Gasteiger partial charge on any atom is 0.323 e. The molecule has 0 spiro atoms. The molecule has 28 heavy (non-hydrogen) atoms. The number of nitrogens with one attached hydrogen (secondary N) is 1. The third kappa shape index (κ3) is 3.10. The van der Waals surface area contributed by atoms with Gasteiger partial charge in [-0.2, -0.15) is 0 Å². The Balaban J connectivity index is 1.39. The van der Waals surface area contributed by atoms with Gasteiger partial charge in [0.25, 0.3) is 0 Å². The van der Waals surface area contributed by atoms with Gasteiger partial charge in [-0.25, -0.2) is 9.78 Å². The molecule has 2 saturated heterocycles. The van der Waals surface area contributed by atoms with Crippen LogP contribution in [0.2, 0.25) is 0 Å². The third-order valence-electron chi connectivity index (χ3n) is 5.58. The largest absolute Gasteiger partial charge is 0.328 e. The van der Waals surface area contributed by atoms with Crippen molar-refractivity contribution in [3.63, 3.8) is 0 Å². The monoisotopic (exact) mass is 395 g/mol. The molecule has 2 amide bonds. The standard InChI is InChI=1S/C19H21N7OS/c1-10-24-25-18(28-10)12-4-11-5-17(22-9-16(11)21-8-12)23-19(27)26-14-2-3-15(26)7-13(20)6-14/h4-5,8-9,13-15H,2-3,6-7,20H2,1H3,(H,22,23,27)/t13-,14-,15+. The van der Waals surface area contributed by atoms with Crippen LogP contribution < -0.4 is 11.1 Å². The first kappa shape index (κ1) is 17.4. The summed E-state index contributed by atoms with van der Waals surface area (Å²) < 4.78 is 0. The number of urea groups is 1. The van der Waals surface area contributed by atoms with E-state index in [1.165, 1.54) is 11.3 Å². The Morgan fingerprint density at radius 1 is 1.18 bits per heavy atom. The Morgan fingerprint density at radius 2 is 1.96 bits per heavy atom. The molecule has 3 aromatic heterocycles. The molecule has 2 aliphatic heterocycles.